The van der Waals surface area contributed by atoms with E-state index in [0.29, 0.717) is 18.8 Å². The van der Waals surface area contributed by atoms with E-state index in [1.165, 1.54) is 6.26 Å². The molecule has 0 saturated heterocycles. The lowest BCUT2D eigenvalue weighted by Crippen LogP contribution is -2.34. The zero-order chi connectivity index (χ0) is 22.2. The normalized spacial score (nSPS) is 17.3. The molecule has 1 saturated carbocycles. The second-order valence-corrected chi connectivity index (χ2v) is 10.4. The van der Waals surface area contributed by atoms with Crippen LogP contribution in [-0.4, -0.2) is 54.4 Å². The van der Waals surface area contributed by atoms with Crippen molar-refractivity contribution in [3.63, 3.8) is 0 Å². The molecule has 1 aromatic carbocycles. The highest BCUT2D eigenvalue weighted by Crippen LogP contribution is 2.36. The van der Waals surface area contributed by atoms with E-state index < -0.39 is 21.6 Å². The van der Waals surface area contributed by atoms with Crippen LogP contribution in [-0.2, 0) is 29.0 Å². The number of hydrogen-bond acceptors (Lipinski definition) is 7. The molecular weight excluding hydrogens is 431 g/mol. The van der Waals surface area contributed by atoms with Gasteiger partial charge in [-0.1, -0.05) is 6.07 Å². The number of alkyl halides is 3. The van der Waals surface area contributed by atoms with E-state index in [1.54, 1.807) is 0 Å². The van der Waals surface area contributed by atoms with Crippen LogP contribution in [0.2, 0.25) is 0 Å². The first kappa shape index (κ1) is 21.8. The van der Waals surface area contributed by atoms with Crippen LogP contribution in [0.25, 0.3) is 0 Å². The Labute approximate surface area is 179 Å². The highest BCUT2D eigenvalue weighted by Gasteiger charge is 2.37. The average molecular weight is 456 g/mol. The molecule has 11 heteroatoms. The Balaban J connectivity index is 1.47. The molecule has 0 spiro atoms. The first-order valence-corrected chi connectivity index (χ1v) is 12.1. The van der Waals surface area contributed by atoms with Crippen molar-refractivity contribution < 1.29 is 21.6 Å². The molecule has 168 valence electrons. The molecule has 4 rings (SSSR count). The molecule has 2 aliphatic rings. The number of aromatic nitrogens is 2. The lowest BCUT2D eigenvalue weighted by Gasteiger charge is -2.28. The second kappa shape index (κ2) is 8.27. The zero-order valence-electron chi connectivity index (χ0n) is 17.0. The van der Waals surface area contributed by atoms with Crippen molar-refractivity contribution in [2.75, 3.05) is 35.7 Å². The first-order valence-electron chi connectivity index (χ1n) is 10.1. The van der Waals surface area contributed by atoms with Gasteiger partial charge in [0.2, 0.25) is 5.95 Å². The van der Waals surface area contributed by atoms with Crippen molar-refractivity contribution in [3.05, 3.63) is 41.1 Å². The Hall–Kier alpha value is -2.40. The Morgan fingerprint density at radius 2 is 2.00 bits per heavy atom. The molecule has 1 aliphatic heterocycles. The lowest BCUT2D eigenvalue weighted by molar-refractivity contribution is -0.137. The minimum absolute atomic E-state index is 0.0261. The number of sulfone groups is 1. The van der Waals surface area contributed by atoms with Gasteiger partial charge in [0.25, 0.3) is 0 Å². The third-order valence-corrected chi connectivity index (χ3v) is 6.27. The number of anilines is 3. The summed E-state index contributed by atoms with van der Waals surface area (Å²) >= 11 is 0. The molecule has 7 nitrogen and oxygen atoms in total. The summed E-state index contributed by atoms with van der Waals surface area (Å²) in [5.74, 6) is 0.0263. The van der Waals surface area contributed by atoms with E-state index >= 15 is 0 Å². The summed E-state index contributed by atoms with van der Waals surface area (Å²) in [7, 11) is -3.00. The van der Waals surface area contributed by atoms with Gasteiger partial charge in [0, 0.05) is 43.8 Å². The Kier molecular flexibility index (Phi) is 5.82. The van der Waals surface area contributed by atoms with Gasteiger partial charge < -0.3 is 10.6 Å². The second-order valence-electron chi connectivity index (χ2n) is 8.14. The van der Waals surface area contributed by atoms with Crippen LogP contribution in [0.5, 0.6) is 0 Å². The quantitative estimate of drug-likeness (QED) is 0.663. The van der Waals surface area contributed by atoms with Gasteiger partial charge in [-0.15, -0.1) is 0 Å². The first-order chi connectivity index (χ1) is 14.6. The van der Waals surface area contributed by atoms with Gasteiger partial charge >= 0.3 is 6.18 Å². The fraction of sp³-hybridized carbons (Fsp3) is 0.500. The predicted octanol–water partition coefficient (Wildman–Crippen LogP) is 3.22. The zero-order valence-corrected chi connectivity index (χ0v) is 17.9. The topological polar surface area (TPSA) is 87.2 Å². The summed E-state index contributed by atoms with van der Waals surface area (Å²) in [5, 5.41) is 5.84. The van der Waals surface area contributed by atoms with Crippen LogP contribution >= 0.6 is 0 Å². The molecule has 0 amide bonds. The summed E-state index contributed by atoms with van der Waals surface area (Å²) in [5.41, 5.74) is 2.05. The maximum atomic E-state index is 13.2. The van der Waals surface area contributed by atoms with E-state index in [2.05, 4.69) is 25.5 Å². The number of rotatable bonds is 7. The fourth-order valence-electron chi connectivity index (χ4n) is 3.48. The average Bonchev–Trinajstić information content (AvgIpc) is 3.49. The predicted molar refractivity (Wildman–Crippen MR) is 112 cm³/mol. The molecule has 1 aromatic heterocycles. The van der Waals surface area contributed by atoms with Crippen molar-refractivity contribution in [1.82, 2.24) is 14.9 Å². The fourth-order valence-corrected chi connectivity index (χ4v) is 4.07. The van der Waals surface area contributed by atoms with Crippen molar-refractivity contribution in [3.8, 4) is 0 Å². The summed E-state index contributed by atoms with van der Waals surface area (Å²) in [6, 6.07) is 5.74. The van der Waals surface area contributed by atoms with Gasteiger partial charge in [-0.25, -0.2) is 13.4 Å². The highest BCUT2D eigenvalue weighted by molar-refractivity contribution is 7.90. The van der Waals surface area contributed by atoms with Crippen molar-refractivity contribution in [2.24, 2.45) is 0 Å². The van der Waals surface area contributed by atoms with Crippen LogP contribution in [0.1, 0.15) is 29.5 Å². The summed E-state index contributed by atoms with van der Waals surface area (Å²) in [6.07, 6.45) is -0.0659. The molecule has 2 N–H and O–H groups in total. The maximum absolute atomic E-state index is 13.2. The number of fused-ring (bicyclic) bond motifs is 1. The standard InChI is InChI=1S/C20H24F3N5O2S/c1-31(29,30)9-8-28-7-6-13-10-16(3-2-14(13)12-28)26-19-24-11-17(20(21,22)23)18(27-19)25-15-4-5-15/h2-3,10-11,15H,4-9,12H2,1H3,(H2,24,25,26,27). The van der Waals surface area contributed by atoms with Crippen LogP contribution in [0, 0.1) is 0 Å². The molecule has 1 fully saturated rings. The van der Waals surface area contributed by atoms with Crippen LogP contribution in [0.4, 0.5) is 30.6 Å². The van der Waals surface area contributed by atoms with E-state index in [0.717, 1.165) is 43.1 Å². The van der Waals surface area contributed by atoms with E-state index in [9.17, 15) is 21.6 Å². The highest BCUT2D eigenvalue weighted by atomic mass is 32.2. The lowest BCUT2D eigenvalue weighted by atomic mass is 9.99. The third-order valence-electron chi connectivity index (χ3n) is 5.34. The van der Waals surface area contributed by atoms with Gasteiger partial charge in [0.1, 0.15) is 21.2 Å². The van der Waals surface area contributed by atoms with Gasteiger partial charge in [-0.05, 0) is 42.5 Å². The minimum atomic E-state index is -4.52. The van der Waals surface area contributed by atoms with Crippen LogP contribution < -0.4 is 10.6 Å². The number of nitrogens with one attached hydrogen (secondary N) is 2. The van der Waals surface area contributed by atoms with Crippen molar-refractivity contribution in [2.45, 2.75) is 38.0 Å². The van der Waals surface area contributed by atoms with Gasteiger partial charge in [-0.2, -0.15) is 18.2 Å². The monoisotopic (exact) mass is 455 g/mol. The molecule has 0 bridgehead atoms. The molecule has 0 atom stereocenters. The van der Waals surface area contributed by atoms with Gasteiger partial charge in [-0.3, -0.25) is 4.90 Å². The van der Waals surface area contributed by atoms with E-state index in [4.69, 9.17) is 0 Å². The van der Waals surface area contributed by atoms with E-state index in [-0.39, 0.29) is 23.6 Å². The Morgan fingerprint density at radius 3 is 2.68 bits per heavy atom. The number of benzene rings is 1. The Morgan fingerprint density at radius 1 is 1.23 bits per heavy atom. The molecule has 0 radical (unpaired) electrons. The number of nitrogens with zero attached hydrogens (tertiary/aromatic N) is 3. The van der Waals surface area contributed by atoms with Crippen molar-refractivity contribution >= 4 is 27.3 Å². The van der Waals surface area contributed by atoms with Crippen LogP contribution in [0.3, 0.4) is 0 Å². The van der Waals surface area contributed by atoms with Gasteiger partial charge in [0.15, 0.2) is 0 Å². The smallest absolute Gasteiger partial charge is 0.367 e. The minimum Gasteiger partial charge on any atom is -0.367 e. The Bertz CT molecular complexity index is 1070. The largest absolute Gasteiger partial charge is 0.421 e. The van der Waals surface area contributed by atoms with Crippen molar-refractivity contribution in [1.29, 1.82) is 0 Å². The molecule has 31 heavy (non-hydrogen) atoms. The molecule has 1 aliphatic carbocycles. The third kappa shape index (κ3) is 5.85. The molecule has 2 heterocycles. The summed E-state index contributed by atoms with van der Waals surface area (Å²) < 4.78 is 62.5. The van der Waals surface area contributed by atoms with E-state index in [1.807, 2.05) is 18.2 Å². The molecule has 0 unspecified atom stereocenters. The summed E-state index contributed by atoms with van der Waals surface area (Å²) in [4.78, 5) is 10.0. The number of halogens is 3. The molecule has 2 aromatic rings. The summed E-state index contributed by atoms with van der Waals surface area (Å²) in [6.45, 7) is 1.91. The maximum Gasteiger partial charge on any atom is 0.421 e. The SMILES string of the molecule is CS(=O)(=O)CCN1CCc2cc(Nc3ncc(C(F)(F)F)c(NC4CC4)n3)ccc2C1. The molecular formula is C20H24F3N5O2S. The van der Waals surface area contributed by atoms with Gasteiger partial charge in [0.05, 0.1) is 5.75 Å². The number of hydrogen-bond donors (Lipinski definition) is 2. The van der Waals surface area contributed by atoms with Crippen LogP contribution in [0.15, 0.2) is 24.4 Å².